The first kappa shape index (κ1) is 9.05. The molecule has 0 unspecified atom stereocenters. The summed E-state index contributed by atoms with van der Waals surface area (Å²) in [5.41, 5.74) is 5.83. The zero-order valence-electron chi connectivity index (χ0n) is 7.68. The summed E-state index contributed by atoms with van der Waals surface area (Å²) in [4.78, 5) is 0. The van der Waals surface area contributed by atoms with Crippen LogP contribution in [0, 0.1) is 5.92 Å². The molecule has 0 aromatic carbocycles. The van der Waals surface area contributed by atoms with Gasteiger partial charge in [0.05, 0.1) is 0 Å². The molecule has 0 atom stereocenters. The Bertz CT molecular complexity index is 90.3. The van der Waals surface area contributed by atoms with Crippen molar-refractivity contribution in [2.45, 2.75) is 57.9 Å². The summed E-state index contributed by atoms with van der Waals surface area (Å²) in [5.74, 6) is 1.01. The van der Waals surface area contributed by atoms with Crippen molar-refractivity contribution in [3.63, 3.8) is 0 Å². The van der Waals surface area contributed by atoms with Gasteiger partial charge in [0.25, 0.3) is 0 Å². The smallest absolute Gasteiger partial charge is 0.00390 e. The molecule has 0 radical (unpaired) electrons. The third-order valence-electron chi connectivity index (χ3n) is 2.86. The average molecular weight is 155 g/mol. The lowest BCUT2D eigenvalue weighted by Gasteiger charge is -2.25. The molecule has 66 valence electrons. The van der Waals surface area contributed by atoms with Crippen LogP contribution in [0.3, 0.4) is 0 Å². The third kappa shape index (κ3) is 3.24. The summed E-state index contributed by atoms with van der Waals surface area (Å²) >= 11 is 0. The van der Waals surface area contributed by atoms with Gasteiger partial charge in [0, 0.05) is 6.04 Å². The number of unbranched alkanes of at least 4 members (excludes halogenated alkanes) is 1. The zero-order chi connectivity index (χ0) is 8.10. The molecule has 0 heterocycles. The molecule has 1 fully saturated rings. The van der Waals surface area contributed by atoms with E-state index in [0.717, 1.165) is 5.92 Å². The standard InChI is InChI=1S/C10H21N/c1-2-3-4-9-5-7-10(11)8-6-9/h9-10H,2-8,11H2,1H3/t9-,10-. The van der Waals surface area contributed by atoms with Gasteiger partial charge in [-0.2, -0.15) is 0 Å². The predicted octanol–water partition coefficient (Wildman–Crippen LogP) is 2.69. The number of hydrogen-bond acceptors (Lipinski definition) is 1. The van der Waals surface area contributed by atoms with Crippen LogP contribution in [0.4, 0.5) is 0 Å². The van der Waals surface area contributed by atoms with E-state index in [4.69, 9.17) is 5.73 Å². The Kier molecular flexibility index (Phi) is 3.92. The van der Waals surface area contributed by atoms with Gasteiger partial charge in [0.2, 0.25) is 0 Å². The summed E-state index contributed by atoms with van der Waals surface area (Å²) in [6.07, 6.45) is 9.54. The minimum absolute atomic E-state index is 0.521. The van der Waals surface area contributed by atoms with Crippen molar-refractivity contribution in [3.05, 3.63) is 0 Å². The first-order valence-electron chi connectivity index (χ1n) is 5.08. The highest BCUT2D eigenvalue weighted by Gasteiger charge is 2.17. The number of nitrogens with two attached hydrogens (primary N) is 1. The minimum atomic E-state index is 0.521. The van der Waals surface area contributed by atoms with Crippen molar-refractivity contribution in [2.75, 3.05) is 0 Å². The maximum atomic E-state index is 5.83. The lowest BCUT2D eigenvalue weighted by Crippen LogP contribution is -2.26. The van der Waals surface area contributed by atoms with Gasteiger partial charge in [-0.25, -0.2) is 0 Å². The van der Waals surface area contributed by atoms with Crippen LogP contribution < -0.4 is 5.73 Å². The van der Waals surface area contributed by atoms with E-state index in [0.29, 0.717) is 6.04 Å². The Morgan fingerprint density at radius 3 is 2.36 bits per heavy atom. The first-order chi connectivity index (χ1) is 5.33. The molecule has 1 heteroatoms. The molecule has 1 nitrogen and oxygen atoms in total. The molecule has 0 amide bonds. The highest BCUT2D eigenvalue weighted by molar-refractivity contribution is 4.73. The Labute approximate surface area is 70.4 Å². The van der Waals surface area contributed by atoms with Crippen molar-refractivity contribution in [1.82, 2.24) is 0 Å². The predicted molar refractivity (Wildman–Crippen MR) is 49.5 cm³/mol. The van der Waals surface area contributed by atoms with Gasteiger partial charge in [-0.3, -0.25) is 0 Å². The van der Waals surface area contributed by atoms with E-state index in [1.165, 1.54) is 44.9 Å². The molecule has 0 aromatic rings. The lowest BCUT2D eigenvalue weighted by molar-refractivity contribution is 0.305. The van der Waals surface area contributed by atoms with Gasteiger partial charge < -0.3 is 5.73 Å². The normalized spacial score (nSPS) is 32.2. The van der Waals surface area contributed by atoms with E-state index in [1.54, 1.807) is 0 Å². The Morgan fingerprint density at radius 1 is 1.18 bits per heavy atom. The summed E-state index contributed by atoms with van der Waals surface area (Å²) in [6.45, 7) is 2.27. The van der Waals surface area contributed by atoms with Gasteiger partial charge in [0.15, 0.2) is 0 Å². The fourth-order valence-corrected chi connectivity index (χ4v) is 1.97. The van der Waals surface area contributed by atoms with Crippen molar-refractivity contribution in [3.8, 4) is 0 Å². The molecule has 1 aliphatic rings. The Balaban J connectivity index is 2.07. The van der Waals surface area contributed by atoms with E-state index in [-0.39, 0.29) is 0 Å². The van der Waals surface area contributed by atoms with Crippen LogP contribution in [-0.2, 0) is 0 Å². The molecular weight excluding hydrogens is 134 g/mol. The van der Waals surface area contributed by atoms with Crippen LogP contribution in [0.1, 0.15) is 51.9 Å². The zero-order valence-corrected chi connectivity index (χ0v) is 7.68. The SMILES string of the molecule is CCCC[C@H]1CC[C@H](N)CC1. The third-order valence-corrected chi connectivity index (χ3v) is 2.86. The quantitative estimate of drug-likeness (QED) is 0.666. The Morgan fingerprint density at radius 2 is 1.82 bits per heavy atom. The summed E-state index contributed by atoms with van der Waals surface area (Å²) in [7, 11) is 0. The molecule has 0 aromatic heterocycles. The Hall–Kier alpha value is -0.0400. The molecule has 0 bridgehead atoms. The van der Waals surface area contributed by atoms with E-state index in [1.807, 2.05) is 0 Å². The molecule has 1 aliphatic carbocycles. The first-order valence-corrected chi connectivity index (χ1v) is 5.08. The number of rotatable bonds is 3. The van der Waals surface area contributed by atoms with Gasteiger partial charge >= 0.3 is 0 Å². The average Bonchev–Trinajstić information content (AvgIpc) is 2.04. The topological polar surface area (TPSA) is 26.0 Å². The maximum Gasteiger partial charge on any atom is 0.00390 e. The molecule has 2 N–H and O–H groups in total. The lowest BCUT2D eigenvalue weighted by atomic mass is 9.83. The fraction of sp³-hybridized carbons (Fsp3) is 1.00. The fourth-order valence-electron chi connectivity index (χ4n) is 1.97. The van der Waals surface area contributed by atoms with Crippen LogP contribution in [0.5, 0.6) is 0 Å². The molecule has 11 heavy (non-hydrogen) atoms. The van der Waals surface area contributed by atoms with Crippen molar-refractivity contribution >= 4 is 0 Å². The number of hydrogen-bond donors (Lipinski definition) is 1. The van der Waals surface area contributed by atoms with Crippen LogP contribution in [-0.4, -0.2) is 6.04 Å². The summed E-state index contributed by atoms with van der Waals surface area (Å²) < 4.78 is 0. The van der Waals surface area contributed by atoms with Crippen LogP contribution in [0.2, 0.25) is 0 Å². The van der Waals surface area contributed by atoms with Gasteiger partial charge in [0.1, 0.15) is 0 Å². The van der Waals surface area contributed by atoms with Crippen LogP contribution >= 0.6 is 0 Å². The molecular formula is C10H21N. The summed E-state index contributed by atoms with van der Waals surface area (Å²) in [5, 5.41) is 0. The monoisotopic (exact) mass is 155 g/mol. The summed E-state index contributed by atoms with van der Waals surface area (Å²) in [6, 6.07) is 0.521. The molecule has 0 aliphatic heterocycles. The van der Waals surface area contributed by atoms with E-state index in [2.05, 4.69) is 6.92 Å². The van der Waals surface area contributed by atoms with Crippen molar-refractivity contribution < 1.29 is 0 Å². The second-order valence-electron chi connectivity index (χ2n) is 3.92. The molecule has 0 saturated heterocycles. The molecule has 0 spiro atoms. The van der Waals surface area contributed by atoms with E-state index in [9.17, 15) is 0 Å². The van der Waals surface area contributed by atoms with Gasteiger partial charge in [-0.05, 0) is 31.6 Å². The van der Waals surface area contributed by atoms with Crippen LogP contribution in [0.15, 0.2) is 0 Å². The second kappa shape index (κ2) is 4.76. The second-order valence-corrected chi connectivity index (χ2v) is 3.92. The highest BCUT2D eigenvalue weighted by atomic mass is 14.6. The van der Waals surface area contributed by atoms with Gasteiger partial charge in [-0.15, -0.1) is 0 Å². The largest absolute Gasteiger partial charge is 0.328 e. The highest BCUT2D eigenvalue weighted by Crippen LogP contribution is 2.27. The van der Waals surface area contributed by atoms with Gasteiger partial charge in [-0.1, -0.05) is 26.2 Å². The van der Waals surface area contributed by atoms with E-state index < -0.39 is 0 Å². The maximum absolute atomic E-state index is 5.83. The molecule has 1 rings (SSSR count). The molecule has 1 saturated carbocycles. The van der Waals surface area contributed by atoms with Crippen molar-refractivity contribution in [1.29, 1.82) is 0 Å². The van der Waals surface area contributed by atoms with Crippen LogP contribution in [0.25, 0.3) is 0 Å². The minimum Gasteiger partial charge on any atom is -0.328 e. The van der Waals surface area contributed by atoms with Crippen molar-refractivity contribution in [2.24, 2.45) is 11.7 Å². The van der Waals surface area contributed by atoms with E-state index >= 15 is 0 Å².